The van der Waals surface area contributed by atoms with E-state index in [0.717, 1.165) is 30.7 Å². The predicted octanol–water partition coefficient (Wildman–Crippen LogP) is 3.98. The van der Waals surface area contributed by atoms with Crippen molar-refractivity contribution in [1.29, 1.82) is 0 Å². The number of carbonyl (C=O) groups excluding carboxylic acids is 1. The fraction of sp³-hybridized carbons (Fsp3) is 0.615. The fourth-order valence-electron chi connectivity index (χ4n) is 7.10. The van der Waals surface area contributed by atoms with Gasteiger partial charge in [-0.15, -0.1) is 0 Å². The minimum absolute atomic E-state index is 0.188. The van der Waals surface area contributed by atoms with Crippen LogP contribution in [0.5, 0.6) is 0 Å². The van der Waals surface area contributed by atoms with E-state index in [1.54, 1.807) is 0 Å². The summed E-state index contributed by atoms with van der Waals surface area (Å²) in [4.78, 5) is 18.8. The molecule has 1 saturated carbocycles. The summed E-state index contributed by atoms with van der Waals surface area (Å²) >= 11 is 0. The molecule has 3 aliphatic rings. The van der Waals surface area contributed by atoms with Crippen molar-refractivity contribution >= 4 is 5.91 Å². The lowest BCUT2D eigenvalue weighted by molar-refractivity contribution is -0.136. The van der Waals surface area contributed by atoms with Crippen LogP contribution in [0.4, 0.5) is 0 Å². The van der Waals surface area contributed by atoms with Crippen LogP contribution in [0.1, 0.15) is 56.0 Å². The average molecular weight is 421 g/mol. The number of benzene rings is 1. The predicted molar refractivity (Wildman–Crippen MR) is 123 cm³/mol. The van der Waals surface area contributed by atoms with E-state index in [1.807, 2.05) is 18.5 Å². The SMILES string of the molecule is Cc1cc(C)n(CC(=O)N2[C@H]3CCCC[C@H]4N(C)[C@H](Cc5ccccc5)[C@@H]2C[C@@]34C)n1. The van der Waals surface area contributed by atoms with E-state index in [9.17, 15) is 4.79 Å². The van der Waals surface area contributed by atoms with Gasteiger partial charge in [-0.2, -0.15) is 5.10 Å². The van der Waals surface area contributed by atoms with Gasteiger partial charge in [-0.25, -0.2) is 0 Å². The molecule has 3 heterocycles. The molecule has 0 unspecified atom stereocenters. The molecule has 2 saturated heterocycles. The van der Waals surface area contributed by atoms with Crippen molar-refractivity contribution in [1.82, 2.24) is 19.6 Å². The first-order valence-corrected chi connectivity index (χ1v) is 12.0. The summed E-state index contributed by atoms with van der Waals surface area (Å²) < 4.78 is 1.90. The monoisotopic (exact) mass is 420 g/mol. The van der Waals surface area contributed by atoms with Crippen LogP contribution < -0.4 is 0 Å². The molecule has 5 atom stereocenters. The number of aryl methyl sites for hydroxylation is 2. The Kier molecular flexibility index (Phi) is 5.20. The van der Waals surface area contributed by atoms with Crippen LogP contribution in [-0.4, -0.2) is 56.7 Å². The summed E-state index contributed by atoms with van der Waals surface area (Å²) in [6.45, 7) is 6.87. The van der Waals surface area contributed by atoms with Gasteiger partial charge < -0.3 is 4.90 Å². The number of hydrogen-bond acceptors (Lipinski definition) is 3. The molecule has 3 fully saturated rings. The van der Waals surface area contributed by atoms with E-state index >= 15 is 0 Å². The van der Waals surface area contributed by atoms with Gasteiger partial charge in [0.25, 0.3) is 0 Å². The van der Waals surface area contributed by atoms with Crippen LogP contribution in [0.15, 0.2) is 36.4 Å². The lowest BCUT2D eigenvalue weighted by atomic mass is 9.69. The first kappa shape index (κ1) is 20.7. The largest absolute Gasteiger partial charge is 0.333 e. The number of aromatic nitrogens is 2. The molecule has 31 heavy (non-hydrogen) atoms. The van der Waals surface area contributed by atoms with Gasteiger partial charge in [0.05, 0.1) is 5.69 Å². The third kappa shape index (κ3) is 3.42. The molecule has 5 heteroatoms. The highest BCUT2D eigenvalue weighted by atomic mass is 16.2. The number of nitrogens with zero attached hydrogens (tertiary/aromatic N) is 4. The third-order valence-electron chi connectivity index (χ3n) is 8.49. The van der Waals surface area contributed by atoms with E-state index in [4.69, 9.17) is 0 Å². The fourth-order valence-corrected chi connectivity index (χ4v) is 7.10. The number of amides is 1. The Labute approximate surface area is 186 Å². The molecule has 166 valence electrons. The van der Waals surface area contributed by atoms with E-state index in [-0.39, 0.29) is 17.4 Å². The molecule has 2 aromatic rings. The van der Waals surface area contributed by atoms with Gasteiger partial charge in [0.1, 0.15) is 6.54 Å². The lowest BCUT2D eigenvalue weighted by Crippen LogP contribution is -2.58. The maximum atomic E-state index is 13.8. The molecule has 0 spiro atoms. The second-order valence-corrected chi connectivity index (χ2v) is 10.4. The van der Waals surface area contributed by atoms with E-state index in [0.29, 0.717) is 24.7 Å². The normalized spacial score (nSPS) is 32.8. The molecule has 2 bridgehead atoms. The molecule has 1 aromatic carbocycles. The molecule has 0 radical (unpaired) electrons. The Morgan fingerprint density at radius 2 is 1.84 bits per heavy atom. The summed E-state index contributed by atoms with van der Waals surface area (Å²) in [6, 6.07) is 14.4. The van der Waals surface area contributed by atoms with Gasteiger partial charge >= 0.3 is 0 Å². The molecule has 1 aromatic heterocycles. The zero-order valence-electron chi connectivity index (χ0n) is 19.4. The second kappa shape index (κ2) is 7.77. The zero-order valence-corrected chi connectivity index (χ0v) is 19.4. The molecule has 5 rings (SSSR count). The van der Waals surface area contributed by atoms with E-state index in [1.165, 1.54) is 24.8 Å². The maximum Gasteiger partial charge on any atom is 0.244 e. The van der Waals surface area contributed by atoms with Crippen LogP contribution in [0.25, 0.3) is 0 Å². The quantitative estimate of drug-likeness (QED) is 0.751. The highest BCUT2D eigenvalue weighted by molar-refractivity contribution is 5.77. The topological polar surface area (TPSA) is 41.4 Å². The molecular weight excluding hydrogens is 384 g/mol. The average Bonchev–Trinajstić information content (AvgIpc) is 3.12. The van der Waals surface area contributed by atoms with Crippen LogP contribution in [0.2, 0.25) is 0 Å². The van der Waals surface area contributed by atoms with Gasteiger partial charge in [0.2, 0.25) is 5.91 Å². The molecule has 1 amide bonds. The van der Waals surface area contributed by atoms with Crippen molar-refractivity contribution in [2.75, 3.05) is 7.05 Å². The second-order valence-electron chi connectivity index (χ2n) is 10.4. The van der Waals surface area contributed by atoms with Crippen molar-refractivity contribution < 1.29 is 4.79 Å². The number of fused-ring (bicyclic) bond motifs is 1. The van der Waals surface area contributed by atoms with Crippen molar-refractivity contribution in [3.8, 4) is 0 Å². The summed E-state index contributed by atoms with van der Waals surface area (Å²) in [5.41, 5.74) is 3.60. The molecule has 2 aliphatic heterocycles. The Bertz CT molecular complexity index is 954. The van der Waals surface area contributed by atoms with Gasteiger partial charge in [-0.3, -0.25) is 14.4 Å². The Hall–Kier alpha value is -2.14. The Morgan fingerprint density at radius 1 is 1.13 bits per heavy atom. The summed E-state index contributed by atoms with van der Waals surface area (Å²) in [5.74, 6) is 0.249. The van der Waals surface area contributed by atoms with Gasteiger partial charge in [0.15, 0.2) is 0 Å². The van der Waals surface area contributed by atoms with E-state index in [2.05, 4.69) is 65.3 Å². The maximum absolute atomic E-state index is 13.8. The zero-order chi connectivity index (χ0) is 21.8. The van der Waals surface area contributed by atoms with Gasteiger partial charge in [0, 0.05) is 35.3 Å². The molecular formula is C26H36N4O. The number of likely N-dealkylation sites (tertiary alicyclic amines) is 2. The molecule has 5 nitrogen and oxygen atoms in total. The van der Waals surface area contributed by atoms with Gasteiger partial charge in [-0.1, -0.05) is 50.1 Å². The lowest BCUT2D eigenvalue weighted by Gasteiger charge is -2.49. The molecule has 1 aliphatic carbocycles. The first-order chi connectivity index (χ1) is 14.9. The number of carbonyl (C=O) groups is 1. The van der Waals surface area contributed by atoms with Crippen molar-refractivity contribution in [2.24, 2.45) is 5.41 Å². The minimum atomic E-state index is 0.188. The first-order valence-electron chi connectivity index (χ1n) is 12.0. The molecule has 0 N–H and O–H groups in total. The van der Waals surface area contributed by atoms with Crippen LogP contribution in [0.3, 0.4) is 0 Å². The number of piperidine rings is 1. The van der Waals surface area contributed by atoms with E-state index < -0.39 is 0 Å². The number of hydrogen-bond donors (Lipinski definition) is 0. The number of rotatable bonds is 4. The standard InChI is InChI=1S/C26H36N4O/c1-18-14-19(2)29(27-18)17-25(31)30-22-16-26(3)23(12-8-9-13-24(26)30)28(4)21(22)15-20-10-6-5-7-11-20/h5-7,10-11,14,21-24H,8-9,12-13,15-17H2,1-4H3/t21-,22+,23-,24+,26-/m1/s1. The highest BCUT2D eigenvalue weighted by Gasteiger charge is 2.62. The smallest absolute Gasteiger partial charge is 0.244 e. The summed E-state index contributed by atoms with van der Waals surface area (Å²) in [5, 5.41) is 4.58. The summed E-state index contributed by atoms with van der Waals surface area (Å²) in [7, 11) is 2.32. The Morgan fingerprint density at radius 3 is 2.52 bits per heavy atom. The third-order valence-corrected chi connectivity index (χ3v) is 8.49. The number of likely N-dealkylation sites (N-methyl/N-ethyl adjacent to an activating group) is 1. The van der Waals surface area contributed by atoms with Crippen LogP contribution in [-0.2, 0) is 17.8 Å². The van der Waals surface area contributed by atoms with Crippen LogP contribution >= 0.6 is 0 Å². The Balaban J connectivity index is 1.50. The highest BCUT2D eigenvalue weighted by Crippen LogP contribution is 2.55. The summed E-state index contributed by atoms with van der Waals surface area (Å²) in [6.07, 6.45) is 7.02. The van der Waals surface area contributed by atoms with Crippen molar-refractivity contribution in [3.63, 3.8) is 0 Å². The minimum Gasteiger partial charge on any atom is -0.333 e. The van der Waals surface area contributed by atoms with Crippen molar-refractivity contribution in [3.05, 3.63) is 53.3 Å². The van der Waals surface area contributed by atoms with Crippen LogP contribution in [0, 0.1) is 19.3 Å². The van der Waals surface area contributed by atoms with Gasteiger partial charge in [-0.05, 0) is 58.2 Å². The van der Waals surface area contributed by atoms with Crippen molar-refractivity contribution in [2.45, 2.75) is 90.0 Å².